The van der Waals surface area contributed by atoms with Crippen molar-refractivity contribution in [3.8, 4) is 0 Å². The first kappa shape index (κ1) is 12.2. The molecule has 0 bridgehead atoms. The molecule has 0 amide bonds. The van der Waals surface area contributed by atoms with Gasteiger partial charge in [-0.05, 0) is 17.5 Å². The molecule has 3 N–H and O–H groups in total. The molecule has 86 valence electrons. The van der Waals surface area contributed by atoms with Crippen molar-refractivity contribution in [3.63, 3.8) is 0 Å². The number of benzene rings is 1. The van der Waals surface area contributed by atoms with Gasteiger partial charge in [0.25, 0.3) is 0 Å². The molecular formula is C11H12O5. The second-order valence-electron chi connectivity index (χ2n) is 3.38. The average Bonchev–Trinajstić information content (AvgIpc) is 2.26. The fourth-order valence-electron chi connectivity index (χ4n) is 1.26. The van der Waals surface area contributed by atoms with E-state index in [0.29, 0.717) is 6.42 Å². The van der Waals surface area contributed by atoms with Crippen LogP contribution in [-0.2, 0) is 16.0 Å². The average molecular weight is 224 g/mol. The smallest absolute Gasteiger partial charge is 0.337 e. The SMILES string of the molecule is O=C(O)CCc1ccc(C(O)C(=O)O)cc1. The maximum absolute atomic E-state index is 10.5. The van der Waals surface area contributed by atoms with Crippen LogP contribution in [-0.4, -0.2) is 27.3 Å². The number of hydrogen-bond acceptors (Lipinski definition) is 3. The quantitative estimate of drug-likeness (QED) is 0.688. The third-order valence-electron chi connectivity index (χ3n) is 2.16. The highest BCUT2D eigenvalue weighted by Gasteiger charge is 2.15. The summed E-state index contributed by atoms with van der Waals surface area (Å²) in [6.07, 6.45) is -1.12. The summed E-state index contributed by atoms with van der Waals surface area (Å²) in [4.78, 5) is 20.8. The Kier molecular flexibility index (Phi) is 4.02. The summed E-state index contributed by atoms with van der Waals surface area (Å²) in [6.45, 7) is 0. The van der Waals surface area contributed by atoms with Gasteiger partial charge in [-0.3, -0.25) is 4.79 Å². The fourth-order valence-corrected chi connectivity index (χ4v) is 1.26. The second kappa shape index (κ2) is 5.27. The Morgan fingerprint density at radius 2 is 1.69 bits per heavy atom. The number of hydrogen-bond donors (Lipinski definition) is 3. The van der Waals surface area contributed by atoms with Crippen molar-refractivity contribution in [1.29, 1.82) is 0 Å². The maximum atomic E-state index is 10.5. The zero-order valence-electron chi connectivity index (χ0n) is 8.46. The number of aliphatic hydroxyl groups is 1. The van der Waals surface area contributed by atoms with Crippen molar-refractivity contribution in [2.45, 2.75) is 18.9 Å². The molecule has 16 heavy (non-hydrogen) atoms. The number of aliphatic hydroxyl groups excluding tert-OH is 1. The number of carbonyl (C=O) groups is 2. The van der Waals surface area contributed by atoms with E-state index in [-0.39, 0.29) is 12.0 Å². The van der Waals surface area contributed by atoms with Gasteiger partial charge in [0.2, 0.25) is 0 Å². The van der Waals surface area contributed by atoms with Gasteiger partial charge in [-0.1, -0.05) is 24.3 Å². The van der Waals surface area contributed by atoms with Gasteiger partial charge in [0.05, 0.1) is 0 Å². The Bertz CT molecular complexity index is 382. The number of carboxylic acids is 2. The summed E-state index contributed by atoms with van der Waals surface area (Å²) in [6, 6.07) is 6.20. The van der Waals surface area contributed by atoms with E-state index in [0.717, 1.165) is 5.56 Å². The zero-order valence-corrected chi connectivity index (χ0v) is 8.46. The van der Waals surface area contributed by atoms with Crippen molar-refractivity contribution in [3.05, 3.63) is 35.4 Å². The minimum absolute atomic E-state index is 0.0286. The van der Waals surface area contributed by atoms with Crippen LogP contribution in [0.15, 0.2) is 24.3 Å². The van der Waals surface area contributed by atoms with Gasteiger partial charge in [-0.15, -0.1) is 0 Å². The Labute approximate surface area is 92.0 Å². The normalized spacial score (nSPS) is 12.1. The van der Waals surface area contributed by atoms with E-state index in [1.165, 1.54) is 12.1 Å². The molecule has 1 aromatic rings. The van der Waals surface area contributed by atoms with E-state index in [4.69, 9.17) is 10.2 Å². The Hall–Kier alpha value is -1.88. The third kappa shape index (κ3) is 3.36. The summed E-state index contributed by atoms with van der Waals surface area (Å²) in [5, 5.41) is 26.2. The Morgan fingerprint density at radius 1 is 1.12 bits per heavy atom. The lowest BCUT2D eigenvalue weighted by Gasteiger charge is -2.06. The molecule has 0 radical (unpaired) electrons. The van der Waals surface area contributed by atoms with Crippen molar-refractivity contribution in [2.75, 3.05) is 0 Å². The van der Waals surface area contributed by atoms with Crippen LogP contribution in [0.5, 0.6) is 0 Å². The Balaban J connectivity index is 2.67. The molecule has 0 aliphatic heterocycles. The van der Waals surface area contributed by atoms with Gasteiger partial charge >= 0.3 is 11.9 Å². The van der Waals surface area contributed by atoms with Crippen LogP contribution in [0, 0.1) is 0 Å². The first-order valence-electron chi connectivity index (χ1n) is 4.72. The second-order valence-corrected chi connectivity index (χ2v) is 3.38. The topological polar surface area (TPSA) is 94.8 Å². The van der Waals surface area contributed by atoms with Crippen molar-refractivity contribution >= 4 is 11.9 Å². The predicted molar refractivity (Wildman–Crippen MR) is 55.0 cm³/mol. The molecule has 0 saturated heterocycles. The van der Waals surface area contributed by atoms with Crippen LogP contribution >= 0.6 is 0 Å². The number of rotatable bonds is 5. The molecule has 0 spiro atoms. The molecule has 5 nitrogen and oxygen atoms in total. The van der Waals surface area contributed by atoms with Gasteiger partial charge in [0, 0.05) is 6.42 Å². The summed E-state index contributed by atoms with van der Waals surface area (Å²) in [5.41, 5.74) is 1.08. The van der Waals surface area contributed by atoms with Crippen LogP contribution in [0.4, 0.5) is 0 Å². The molecule has 0 aromatic heterocycles. The van der Waals surface area contributed by atoms with Crippen molar-refractivity contribution in [1.82, 2.24) is 0 Å². The van der Waals surface area contributed by atoms with Gasteiger partial charge in [-0.25, -0.2) is 4.79 Å². The first-order valence-corrected chi connectivity index (χ1v) is 4.72. The van der Waals surface area contributed by atoms with Crippen LogP contribution in [0.1, 0.15) is 23.7 Å². The molecule has 5 heteroatoms. The monoisotopic (exact) mass is 224 g/mol. The molecule has 1 rings (SSSR count). The van der Waals surface area contributed by atoms with E-state index in [1.807, 2.05) is 0 Å². The lowest BCUT2D eigenvalue weighted by atomic mass is 10.0. The lowest BCUT2D eigenvalue weighted by molar-refractivity contribution is -0.147. The summed E-state index contributed by atoms with van der Waals surface area (Å²) >= 11 is 0. The van der Waals surface area contributed by atoms with Crippen LogP contribution in [0.3, 0.4) is 0 Å². The summed E-state index contributed by atoms with van der Waals surface area (Å²) < 4.78 is 0. The molecular weight excluding hydrogens is 212 g/mol. The standard InChI is InChI=1S/C11H12O5/c12-9(13)6-3-7-1-4-8(5-2-7)10(14)11(15)16/h1-2,4-5,10,14H,3,6H2,(H,12,13)(H,15,16). The predicted octanol–water partition coefficient (Wildman–Crippen LogP) is 0.822. The number of aliphatic carboxylic acids is 2. The van der Waals surface area contributed by atoms with Crippen LogP contribution in [0.2, 0.25) is 0 Å². The molecule has 1 unspecified atom stereocenters. The third-order valence-corrected chi connectivity index (χ3v) is 2.16. The van der Waals surface area contributed by atoms with E-state index >= 15 is 0 Å². The fraction of sp³-hybridized carbons (Fsp3) is 0.273. The van der Waals surface area contributed by atoms with Crippen molar-refractivity contribution < 1.29 is 24.9 Å². The highest BCUT2D eigenvalue weighted by Crippen LogP contribution is 2.14. The molecule has 0 aliphatic carbocycles. The largest absolute Gasteiger partial charge is 0.481 e. The van der Waals surface area contributed by atoms with Gasteiger partial charge in [-0.2, -0.15) is 0 Å². The molecule has 0 aliphatic rings. The van der Waals surface area contributed by atoms with E-state index < -0.39 is 18.0 Å². The minimum Gasteiger partial charge on any atom is -0.481 e. The summed E-state index contributed by atoms with van der Waals surface area (Å²) in [7, 11) is 0. The minimum atomic E-state index is -1.53. The van der Waals surface area contributed by atoms with Gasteiger partial charge in [0.1, 0.15) is 0 Å². The zero-order chi connectivity index (χ0) is 12.1. The van der Waals surface area contributed by atoms with E-state index in [1.54, 1.807) is 12.1 Å². The molecule has 0 heterocycles. The van der Waals surface area contributed by atoms with Crippen molar-refractivity contribution in [2.24, 2.45) is 0 Å². The van der Waals surface area contributed by atoms with Gasteiger partial charge < -0.3 is 15.3 Å². The molecule has 1 aromatic carbocycles. The highest BCUT2D eigenvalue weighted by molar-refractivity contribution is 5.74. The maximum Gasteiger partial charge on any atom is 0.337 e. The highest BCUT2D eigenvalue weighted by atomic mass is 16.4. The number of carboxylic acid groups (broad SMARTS) is 2. The van der Waals surface area contributed by atoms with Crippen LogP contribution < -0.4 is 0 Å². The number of aryl methyl sites for hydroxylation is 1. The van der Waals surface area contributed by atoms with E-state index in [9.17, 15) is 14.7 Å². The first-order chi connectivity index (χ1) is 7.50. The Morgan fingerprint density at radius 3 is 2.12 bits per heavy atom. The van der Waals surface area contributed by atoms with E-state index in [2.05, 4.69) is 0 Å². The molecule has 1 atom stereocenters. The van der Waals surface area contributed by atoms with Gasteiger partial charge in [0.15, 0.2) is 6.10 Å². The molecule has 0 fully saturated rings. The summed E-state index contributed by atoms with van der Waals surface area (Å²) in [5.74, 6) is -2.19. The lowest BCUT2D eigenvalue weighted by Crippen LogP contribution is -2.10. The molecule has 0 saturated carbocycles. The van der Waals surface area contributed by atoms with Crippen LogP contribution in [0.25, 0.3) is 0 Å².